The predicted molar refractivity (Wildman–Crippen MR) is 127 cm³/mol. The van der Waals surface area contributed by atoms with Crippen LogP contribution in [0.3, 0.4) is 0 Å². The van der Waals surface area contributed by atoms with Crippen molar-refractivity contribution in [1.29, 1.82) is 0 Å². The van der Waals surface area contributed by atoms with Gasteiger partial charge in [0.15, 0.2) is 0 Å². The minimum Gasteiger partial charge on any atom is -0.471 e. The van der Waals surface area contributed by atoms with E-state index in [2.05, 4.69) is 50.2 Å². The molecule has 8 heteroatoms. The van der Waals surface area contributed by atoms with E-state index >= 15 is 0 Å². The summed E-state index contributed by atoms with van der Waals surface area (Å²) in [6, 6.07) is 12.4. The van der Waals surface area contributed by atoms with Gasteiger partial charge in [0.1, 0.15) is 50.6 Å². The van der Waals surface area contributed by atoms with E-state index in [1.165, 1.54) is 0 Å². The van der Waals surface area contributed by atoms with Crippen LogP contribution in [0.2, 0.25) is 0 Å². The smallest absolute Gasteiger partial charge is 0.273 e. The summed E-state index contributed by atoms with van der Waals surface area (Å²) in [6.07, 6.45) is 0. The van der Waals surface area contributed by atoms with Crippen LogP contribution >= 0.6 is 0 Å². The molecule has 172 valence electrons. The van der Waals surface area contributed by atoms with Gasteiger partial charge in [-0.2, -0.15) is 0 Å². The summed E-state index contributed by atoms with van der Waals surface area (Å²) < 4.78 is 23.7. The average Bonchev–Trinajstić information content (AvgIpc) is 3.62. The SMILES string of the molecule is Cc1cc2cc(c1)C1COC(=N1)C1=NC(CO1)c1cc(C)cc(c1)C1COC(=N1)C1=NC2CO1. The molecule has 0 fully saturated rings. The molecule has 4 atom stereocenters. The second kappa shape index (κ2) is 7.41. The Kier molecular flexibility index (Phi) is 4.31. The molecular formula is C26H24N4O4. The first kappa shape index (κ1) is 19.8. The highest BCUT2D eigenvalue weighted by atomic mass is 16.6. The number of ether oxygens (including phenoxy) is 4. The van der Waals surface area contributed by atoms with E-state index in [0.29, 0.717) is 50.0 Å². The molecule has 12 bridgehead atoms. The molecule has 0 aliphatic carbocycles. The maximum atomic E-state index is 5.94. The number of rotatable bonds is 0. The normalized spacial score (nSPS) is 28.3. The van der Waals surface area contributed by atoms with Gasteiger partial charge in [-0.05, 0) is 36.1 Å². The molecule has 5 aliphatic heterocycles. The molecule has 2 aromatic carbocycles. The van der Waals surface area contributed by atoms with Crippen molar-refractivity contribution in [2.75, 3.05) is 26.4 Å². The fourth-order valence-electron chi connectivity index (χ4n) is 5.10. The molecular weight excluding hydrogens is 432 g/mol. The molecule has 4 unspecified atom stereocenters. The highest BCUT2D eigenvalue weighted by Gasteiger charge is 2.34. The van der Waals surface area contributed by atoms with E-state index in [-0.39, 0.29) is 24.2 Å². The number of hydrogen-bond acceptors (Lipinski definition) is 8. The molecule has 0 saturated heterocycles. The topological polar surface area (TPSA) is 86.4 Å². The highest BCUT2D eigenvalue weighted by molar-refractivity contribution is 6.36. The van der Waals surface area contributed by atoms with Gasteiger partial charge in [-0.3, -0.25) is 0 Å². The Morgan fingerprint density at radius 1 is 0.471 bits per heavy atom. The van der Waals surface area contributed by atoms with Gasteiger partial charge in [-0.1, -0.05) is 47.5 Å². The minimum atomic E-state index is -0.113. The van der Waals surface area contributed by atoms with Crippen molar-refractivity contribution < 1.29 is 18.9 Å². The Bertz CT molecular complexity index is 1130. The number of aryl methyl sites for hydroxylation is 2. The van der Waals surface area contributed by atoms with Crippen LogP contribution in [0.4, 0.5) is 0 Å². The lowest BCUT2D eigenvalue weighted by atomic mass is 9.98. The van der Waals surface area contributed by atoms with E-state index in [0.717, 1.165) is 33.4 Å². The van der Waals surface area contributed by atoms with Gasteiger partial charge in [-0.25, -0.2) is 20.0 Å². The van der Waals surface area contributed by atoms with Crippen LogP contribution in [0.1, 0.15) is 57.5 Å². The van der Waals surface area contributed by atoms with Crippen molar-refractivity contribution >= 4 is 23.6 Å². The van der Waals surface area contributed by atoms with Gasteiger partial charge in [-0.15, -0.1) is 0 Å². The summed E-state index contributed by atoms with van der Waals surface area (Å²) in [5.74, 6) is 1.92. The predicted octanol–water partition coefficient (Wildman–Crippen LogP) is 3.90. The van der Waals surface area contributed by atoms with Crippen molar-refractivity contribution in [3.05, 3.63) is 69.8 Å². The zero-order chi connectivity index (χ0) is 22.8. The van der Waals surface area contributed by atoms with Gasteiger partial charge in [0.2, 0.25) is 0 Å². The molecule has 34 heavy (non-hydrogen) atoms. The molecule has 2 aromatic rings. The van der Waals surface area contributed by atoms with Crippen LogP contribution in [0.15, 0.2) is 56.4 Å². The lowest BCUT2D eigenvalue weighted by molar-refractivity contribution is 0.293. The first-order valence-electron chi connectivity index (χ1n) is 11.7. The molecule has 0 aromatic heterocycles. The van der Waals surface area contributed by atoms with Crippen LogP contribution in [0.5, 0.6) is 0 Å². The van der Waals surface area contributed by atoms with Crippen LogP contribution in [0, 0.1) is 13.8 Å². The summed E-state index contributed by atoms with van der Waals surface area (Å²) in [7, 11) is 0. The Hall–Kier alpha value is -3.68. The Morgan fingerprint density at radius 2 is 0.735 bits per heavy atom. The Balaban J connectivity index is 1.37. The first-order chi connectivity index (χ1) is 16.6. The number of hydrogen-bond donors (Lipinski definition) is 0. The summed E-state index contributed by atoms with van der Waals surface area (Å²) >= 11 is 0. The van der Waals surface area contributed by atoms with Crippen LogP contribution in [-0.4, -0.2) is 50.0 Å². The van der Waals surface area contributed by atoms with Gasteiger partial charge >= 0.3 is 0 Å². The van der Waals surface area contributed by atoms with Crippen molar-refractivity contribution in [1.82, 2.24) is 0 Å². The third-order valence-electron chi connectivity index (χ3n) is 6.75. The van der Waals surface area contributed by atoms with Gasteiger partial charge in [0.05, 0.1) is 0 Å². The fourth-order valence-corrected chi connectivity index (χ4v) is 5.10. The molecule has 8 nitrogen and oxygen atoms in total. The average molecular weight is 457 g/mol. The quantitative estimate of drug-likeness (QED) is 0.602. The largest absolute Gasteiger partial charge is 0.471 e. The standard InChI is InChI=1S/C26H24N4O4/c1-13-3-15-7-16(4-13)20-10-32-24(28-20)26-30-22(12-34-26)18-6-14(2)5-17(8-18)21-11-33-25(29-21)23-27-19(15)9-31-23/h3-8,19-22H,9-12H2,1-2H3. The van der Waals surface area contributed by atoms with Crippen LogP contribution in [-0.2, 0) is 18.9 Å². The monoisotopic (exact) mass is 456 g/mol. The van der Waals surface area contributed by atoms with Gasteiger partial charge < -0.3 is 18.9 Å². The van der Waals surface area contributed by atoms with Crippen molar-refractivity contribution in [2.45, 2.75) is 38.0 Å². The van der Waals surface area contributed by atoms with E-state index in [1.54, 1.807) is 0 Å². The van der Waals surface area contributed by atoms with Gasteiger partial charge in [0, 0.05) is 0 Å². The van der Waals surface area contributed by atoms with Crippen LogP contribution < -0.4 is 0 Å². The second-order valence-corrected chi connectivity index (χ2v) is 9.40. The van der Waals surface area contributed by atoms with Crippen molar-refractivity contribution in [3.8, 4) is 0 Å². The lowest BCUT2D eigenvalue weighted by Crippen LogP contribution is -2.14. The van der Waals surface area contributed by atoms with E-state index in [1.807, 2.05) is 0 Å². The van der Waals surface area contributed by atoms with E-state index < -0.39 is 0 Å². The third-order valence-corrected chi connectivity index (χ3v) is 6.75. The highest BCUT2D eigenvalue weighted by Crippen LogP contribution is 2.34. The molecule has 0 saturated carbocycles. The molecule has 5 aliphatic rings. The molecule has 0 N–H and O–H groups in total. The van der Waals surface area contributed by atoms with Crippen molar-refractivity contribution in [2.24, 2.45) is 20.0 Å². The summed E-state index contributed by atoms with van der Waals surface area (Å²) in [4.78, 5) is 19.3. The number of benzene rings is 2. The maximum absolute atomic E-state index is 5.94. The summed E-state index contributed by atoms with van der Waals surface area (Å²) in [5.41, 5.74) is 6.63. The molecule has 7 rings (SSSR count). The summed E-state index contributed by atoms with van der Waals surface area (Å²) in [6.45, 7) is 6.01. The summed E-state index contributed by atoms with van der Waals surface area (Å²) in [5, 5.41) is 0. The van der Waals surface area contributed by atoms with Crippen LogP contribution in [0.25, 0.3) is 0 Å². The van der Waals surface area contributed by atoms with Gasteiger partial charge in [0.25, 0.3) is 23.6 Å². The Morgan fingerprint density at radius 3 is 1.00 bits per heavy atom. The number of fused-ring (bicyclic) bond motifs is 14. The minimum absolute atomic E-state index is 0.113. The number of aliphatic imine (C=N–C) groups is 4. The zero-order valence-electron chi connectivity index (χ0n) is 19.0. The first-order valence-corrected chi connectivity index (χ1v) is 11.7. The van der Waals surface area contributed by atoms with E-state index in [4.69, 9.17) is 38.9 Å². The Labute approximate surface area is 197 Å². The molecule has 0 radical (unpaired) electrons. The zero-order valence-corrected chi connectivity index (χ0v) is 19.0. The maximum Gasteiger partial charge on any atom is 0.273 e. The molecule has 5 heterocycles. The van der Waals surface area contributed by atoms with E-state index in [9.17, 15) is 0 Å². The third kappa shape index (κ3) is 3.28. The van der Waals surface area contributed by atoms with Crippen molar-refractivity contribution in [3.63, 3.8) is 0 Å². The molecule has 0 spiro atoms. The lowest BCUT2D eigenvalue weighted by Gasteiger charge is -2.12. The fraction of sp³-hybridized carbons (Fsp3) is 0.385. The molecule has 0 amide bonds. The number of nitrogens with zero attached hydrogens (tertiary/aromatic N) is 4. The second-order valence-electron chi connectivity index (χ2n) is 9.40.